The Kier molecular flexibility index (Phi) is 4.48. The third-order valence-corrected chi connectivity index (χ3v) is 5.74. The fraction of sp³-hybridized carbons (Fsp3) is 0.579. The molecule has 1 aromatic rings. The number of hydrogen-bond donors (Lipinski definition) is 0. The number of fused-ring (bicyclic) bond motifs is 1. The van der Waals surface area contributed by atoms with E-state index in [1.165, 1.54) is 10.5 Å². The lowest BCUT2D eigenvalue weighted by Crippen LogP contribution is -2.48. The van der Waals surface area contributed by atoms with Gasteiger partial charge in [0.05, 0.1) is 6.10 Å². The van der Waals surface area contributed by atoms with Crippen molar-refractivity contribution in [2.75, 3.05) is 26.7 Å². The van der Waals surface area contributed by atoms with Crippen LogP contribution in [0.1, 0.15) is 24.8 Å². The van der Waals surface area contributed by atoms with Crippen molar-refractivity contribution in [1.82, 2.24) is 14.7 Å². The van der Waals surface area contributed by atoms with Crippen LogP contribution in [0.2, 0.25) is 0 Å². The number of imide groups is 1. The van der Waals surface area contributed by atoms with Crippen molar-refractivity contribution < 1.29 is 14.3 Å². The molecular formula is C19H25N3O3. The summed E-state index contributed by atoms with van der Waals surface area (Å²) in [5.74, 6) is -0.0222. The zero-order valence-electron chi connectivity index (χ0n) is 14.6. The Labute approximate surface area is 148 Å². The van der Waals surface area contributed by atoms with Crippen molar-refractivity contribution in [1.29, 1.82) is 0 Å². The molecule has 134 valence electrons. The molecule has 0 spiro atoms. The van der Waals surface area contributed by atoms with Crippen LogP contribution in [0.3, 0.4) is 0 Å². The van der Waals surface area contributed by atoms with Crippen LogP contribution in [0.4, 0.5) is 4.79 Å². The normalized spacial score (nSPS) is 28.0. The van der Waals surface area contributed by atoms with Gasteiger partial charge in [0.2, 0.25) is 0 Å². The fourth-order valence-corrected chi connectivity index (χ4v) is 4.32. The number of urea groups is 1. The number of hydrogen-bond acceptors (Lipinski definition) is 4. The van der Waals surface area contributed by atoms with Gasteiger partial charge in [-0.3, -0.25) is 14.6 Å². The Hall–Kier alpha value is -1.92. The van der Waals surface area contributed by atoms with E-state index in [9.17, 15) is 9.59 Å². The lowest BCUT2D eigenvalue weighted by Gasteiger charge is -2.35. The molecule has 25 heavy (non-hydrogen) atoms. The van der Waals surface area contributed by atoms with Crippen molar-refractivity contribution in [3.8, 4) is 0 Å². The van der Waals surface area contributed by atoms with Gasteiger partial charge in [0.15, 0.2) is 0 Å². The van der Waals surface area contributed by atoms with Gasteiger partial charge in [0.1, 0.15) is 6.04 Å². The van der Waals surface area contributed by atoms with Gasteiger partial charge in [0.25, 0.3) is 5.91 Å². The largest absolute Gasteiger partial charge is 0.380 e. The van der Waals surface area contributed by atoms with E-state index in [-0.39, 0.29) is 30.1 Å². The van der Waals surface area contributed by atoms with E-state index in [0.717, 1.165) is 32.5 Å². The molecule has 0 unspecified atom stereocenters. The number of rotatable bonds is 4. The average molecular weight is 343 g/mol. The number of ether oxygens (including phenoxy) is 1. The van der Waals surface area contributed by atoms with Crippen LogP contribution in [-0.4, -0.2) is 71.6 Å². The Balaban J connectivity index is 1.35. The Morgan fingerprint density at radius 3 is 2.48 bits per heavy atom. The molecule has 6 nitrogen and oxygen atoms in total. The average Bonchev–Trinajstić information content (AvgIpc) is 3.17. The van der Waals surface area contributed by atoms with E-state index in [1.807, 2.05) is 6.07 Å². The van der Waals surface area contributed by atoms with E-state index < -0.39 is 0 Å². The van der Waals surface area contributed by atoms with E-state index in [0.29, 0.717) is 13.0 Å². The van der Waals surface area contributed by atoms with Crippen molar-refractivity contribution >= 4 is 11.9 Å². The lowest BCUT2D eigenvalue weighted by atomic mass is 10.0. The minimum Gasteiger partial charge on any atom is -0.380 e. The third-order valence-electron chi connectivity index (χ3n) is 5.74. The summed E-state index contributed by atoms with van der Waals surface area (Å²) in [6, 6.07) is 10.0. The van der Waals surface area contributed by atoms with Crippen LogP contribution >= 0.6 is 0 Å². The summed E-state index contributed by atoms with van der Waals surface area (Å²) >= 11 is 0. The molecule has 2 atom stereocenters. The standard InChI is InChI=1S/C19H25N3O3/c1-25-16-11-17-18(23)22(19(24)21(17)13-16)15-7-9-20(10-8-15)12-14-5-3-2-4-6-14/h2-6,15-17H,7-13H2,1H3/t16-,17+/m1/s1. The highest BCUT2D eigenvalue weighted by Gasteiger charge is 2.52. The first kappa shape index (κ1) is 16.5. The quantitative estimate of drug-likeness (QED) is 0.781. The number of methoxy groups -OCH3 is 1. The van der Waals surface area contributed by atoms with E-state index in [2.05, 4.69) is 29.2 Å². The van der Waals surface area contributed by atoms with Gasteiger partial charge in [-0.1, -0.05) is 30.3 Å². The molecule has 0 aliphatic carbocycles. The summed E-state index contributed by atoms with van der Waals surface area (Å²) in [4.78, 5) is 31.1. The van der Waals surface area contributed by atoms with Crippen molar-refractivity contribution in [3.63, 3.8) is 0 Å². The number of piperidine rings is 1. The highest BCUT2D eigenvalue weighted by molar-refractivity contribution is 6.05. The molecule has 6 heteroatoms. The van der Waals surface area contributed by atoms with E-state index in [4.69, 9.17) is 4.74 Å². The predicted molar refractivity (Wildman–Crippen MR) is 92.9 cm³/mol. The Bertz CT molecular complexity index is 619. The number of nitrogens with zero attached hydrogens (tertiary/aromatic N) is 3. The van der Waals surface area contributed by atoms with Gasteiger partial charge >= 0.3 is 6.03 Å². The van der Waals surface area contributed by atoms with Crippen molar-refractivity contribution in [2.24, 2.45) is 0 Å². The Morgan fingerprint density at radius 1 is 1.12 bits per heavy atom. The molecule has 1 aromatic carbocycles. The van der Waals surface area contributed by atoms with Crippen LogP contribution in [0.25, 0.3) is 0 Å². The highest BCUT2D eigenvalue weighted by atomic mass is 16.5. The molecule has 3 amide bonds. The van der Waals surface area contributed by atoms with Crippen LogP contribution < -0.4 is 0 Å². The zero-order chi connectivity index (χ0) is 17.4. The first-order valence-electron chi connectivity index (χ1n) is 9.10. The topological polar surface area (TPSA) is 53.1 Å². The van der Waals surface area contributed by atoms with Crippen LogP contribution in [-0.2, 0) is 16.1 Å². The summed E-state index contributed by atoms with van der Waals surface area (Å²) in [7, 11) is 1.64. The maximum Gasteiger partial charge on any atom is 0.327 e. The minimum absolute atomic E-state index is 0.00669. The molecule has 3 aliphatic rings. The number of carbonyl (C=O) groups excluding carboxylic acids is 2. The number of likely N-dealkylation sites (tertiary alicyclic amines) is 1. The molecular weight excluding hydrogens is 318 g/mol. The smallest absolute Gasteiger partial charge is 0.327 e. The van der Waals surface area contributed by atoms with Crippen LogP contribution in [0, 0.1) is 0 Å². The van der Waals surface area contributed by atoms with Gasteiger partial charge in [-0.15, -0.1) is 0 Å². The molecule has 3 fully saturated rings. The Morgan fingerprint density at radius 2 is 1.84 bits per heavy atom. The van der Waals surface area contributed by atoms with Crippen molar-refractivity contribution in [3.05, 3.63) is 35.9 Å². The summed E-state index contributed by atoms with van der Waals surface area (Å²) in [6.45, 7) is 3.30. The predicted octanol–water partition coefficient (Wildman–Crippen LogP) is 1.70. The molecule has 0 N–H and O–H groups in total. The second kappa shape index (κ2) is 6.77. The number of amides is 3. The monoisotopic (exact) mass is 343 g/mol. The highest BCUT2D eigenvalue weighted by Crippen LogP contribution is 2.32. The van der Waals surface area contributed by atoms with Gasteiger partial charge < -0.3 is 9.64 Å². The minimum atomic E-state index is -0.306. The third kappa shape index (κ3) is 3.04. The van der Waals surface area contributed by atoms with E-state index in [1.54, 1.807) is 12.0 Å². The summed E-state index contributed by atoms with van der Waals surface area (Å²) in [6.07, 6.45) is 2.34. The SMILES string of the molecule is CO[C@@H]1C[C@H]2C(=O)N(C3CCN(Cc4ccccc4)CC3)C(=O)N2C1. The summed E-state index contributed by atoms with van der Waals surface area (Å²) < 4.78 is 5.32. The summed E-state index contributed by atoms with van der Waals surface area (Å²) in [5, 5.41) is 0. The van der Waals surface area contributed by atoms with E-state index >= 15 is 0 Å². The fourth-order valence-electron chi connectivity index (χ4n) is 4.32. The molecule has 0 aromatic heterocycles. The van der Waals surface area contributed by atoms with Crippen molar-refractivity contribution in [2.45, 2.75) is 44.0 Å². The maximum absolute atomic E-state index is 12.7. The van der Waals surface area contributed by atoms with Crippen LogP contribution in [0.15, 0.2) is 30.3 Å². The molecule has 0 bridgehead atoms. The zero-order valence-corrected chi connectivity index (χ0v) is 14.6. The molecule has 0 saturated carbocycles. The van der Waals surface area contributed by atoms with Gasteiger partial charge in [0, 0.05) is 45.8 Å². The van der Waals surface area contributed by atoms with Gasteiger partial charge in [-0.05, 0) is 18.4 Å². The molecule has 4 rings (SSSR count). The first-order chi connectivity index (χ1) is 12.2. The van der Waals surface area contributed by atoms with Gasteiger partial charge in [-0.25, -0.2) is 4.79 Å². The number of benzene rings is 1. The second-order valence-corrected chi connectivity index (χ2v) is 7.25. The number of carbonyl (C=O) groups is 2. The lowest BCUT2D eigenvalue weighted by molar-refractivity contribution is -0.130. The van der Waals surface area contributed by atoms with Crippen LogP contribution in [0.5, 0.6) is 0 Å². The molecule has 3 saturated heterocycles. The summed E-state index contributed by atoms with van der Waals surface area (Å²) in [5.41, 5.74) is 1.31. The molecule has 3 aliphatic heterocycles. The molecule has 0 radical (unpaired) electrons. The first-order valence-corrected chi connectivity index (χ1v) is 9.10. The van der Waals surface area contributed by atoms with Gasteiger partial charge in [-0.2, -0.15) is 0 Å². The molecule has 3 heterocycles. The second-order valence-electron chi connectivity index (χ2n) is 7.25. The maximum atomic E-state index is 12.7.